The molecule has 1 aromatic rings. The highest BCUT2D eigenvalue weighted by molar-refractivity contribution is 5.42. The van der Waals surface area contributed by atoms with Crippen LogP contribution in [0.15, 0.2) is 12.1 Å². The van der Waals surface area contributed by atoms with E-state index in [1.165, 1.54) is 0 Å². The highest BCUT2D eigenvalue weighted by Gasteiger charge is 2.31. The Morgan fingerprint density at radius 1 is 1.50 bits per heavy atom. The molecule has 0 aromatic carbocycles. The van der Waals surface area contributed by atoms with Crippen molar-refractivity contribution in [2.24, 2.45) is 0 Å². The topological polar surface area (TPSA) is 75.3 Å². The van der Waals surface area contributed by atoms with Crippen LogP contribution in [0, 0.1) is 0 Å². The second-order valence-corrected chi connectivity index (χ2v) is 3.98. The van der Waals surface area contributed by atoms with Crippen molar-refractivity contribution in [1.29, 1.82) is 0 Å². The molecule has 76 valence electrons. The molecular formula is C9H14N4O. The van der Waals surface area contributed by atoms with Gasteiger partial charge < -0.3 is 15.7 Å². The molecule has 1 atom stereocenters. The van der Waals surface area contributed by atoms with Gasteiger partial charge in [0.05, 0.1) is 5.60 Å². The minimum absolute atomic E-state index is 0.416. The molecule has 1 aromatic heterocycles. The van der Waals surface area contributed by atoms with Crippen LogP contribution in [0.25, 0.3) is 0 Å². The molecule has 0 saturated carbocycles. The zero-order valence-electron chi connectivity index (χ0n) is 8.14. The van der Waals surface area contributed by atoms with Crippen LogP contribution in [0.5, 0.6) is 0 Å². The summed E-state index contributed by atoms with van der Waals surface area (Å²) in [4.78, 5) is 2.01. The van der Waals surface area contributed by atoms with Crippen molar-refractivity contribution in [3.63, 3.8) is 0 Å². The van der Waals surface area contributed by atoms with Gasteiger partial charge in [0, 0.05) is 13.1 Å². The van der Waals surface area contributed by atoms with Gasteiger partial charge in [-0.15, -0.1) is 10.2 Å². The SMILES string of the molecule is CC1(O)CCN(c2ccc(N)nn2)C1. The standard InChI is InChI=1S/C9H14N4O/c1-9(14)4-5-13(6-9)8-3-2-7(10)11-12-8/h2-3,14H,4-6H2,1H3,(H2,10,11). The first kappa shape index (κ1) is 9.21. The van der Waals surface area contributed by atoms with Crippen molar-refractivity contribution in [2.45, 2.75) is 18.9 Å². The molecule has 5 nitrogen and oxygen atoms in total. The van der Waals surface area contributed by atoms with Gasteiger partial charge in [-0.3, -0.25) is 0 Å². The molecule has 1 aliphatic rings. The van der Waals surface area contributed by atoms with Gasteiger partial charge in [0.15, 0.2) is 5.82 Å². The van der Waals surface area contributed by atoms with Crippen molar-refractivity contribution in [1.82, 2.24) is 10.2 Å². The molecule has 1 fully saturated rings. The monoisotopic (exact) mass is 194 g/mol. The number of hydrogen-bond acceptors (Lipinski definition) is 5. The predicted octanol–water partition coefficient (Wildman–Crippen LogP) is 0.0199. The average molecular weight is 194 g/mol. The van der Waals surface area contributed by atoms with Crippen LogP contribution >= 0.6 is 0 Å². The Labute approximate surface area is 82.6 Å². The smallest absolute Gasteiger partial charge is 0.151 e. The lowest BCUT2D eigenvalue weighted by Crippen LogP contribution is -2.30. The van der Waals surface area contributed by atoms with Crippen LogP contribution in [-0.4, -0.2) is 34.0 Å². The third-order valence-electron chi connectivity index (χ3n) is 2.45. The first-order valence-electron chi connectivity index (χ1n) is 4.63. The number of nitrogen functional groups attached to an aromatic ring is 1. The van der Waals surface area contributed by atoms with Crippen molar-refractivity contribution in [2.75, 3.05) is 23.7 Å². The van der Waals surface area contributed by atoms with Gasteiger partial charge in [-0.2, -0.15) is 0 Å². The Bertz CT molecular complexity index is 322. The molecule has 14 heavy (non-hydrogen) atoms. The average Bonchev–Trinajstić information content (AvgIpc) is 2.47. The van der Waals surface area contributed by atoms with Crippen LogP contribution in [0.4, 0.5) is 11.6 Å². The highest BCUT2D eigenvalue weighted by Crippen LogP contribution is 2.24. The molecule has 0 bridgehead atoms. The zero-order valence-corrected chi connectivity index (χ0v) is 8.14. The lowest BCUT2D eigenvalue weighted by Gasteiger charge is -2.19. The summed E-state index contributed by atoms with van der Waals surface area (Å²) in [6.45, 7) is 3.24. The number of aliphatic hydroxyl groups is 1. The summed E-state index contributed by atoms with van der Waals surface area (Å²) in [5.74, 6) is 1.19. The third kappa shape index (κ3) is 1.77. The number of rotatable bonds is 1. The molecule has 1 aliphatic heterocycles. The molecule has 0 aliphatic carbocycles. The fourth-order valence-electron chi connectivity index (χ4n) is 1.64. The normalized spacial score (nSPS) is 26.9. The maximum atomic E-state index is 9.77. The largest absolute Gasteiger partial charge is 0.388 e. The first-order chi connectivity index (χ1) is 6.57. The number of β-amino-alcohol motifs (C(OH)–C–C–N with tert-alkyl or cyclic N) is 1. The molecule has 3 N–H and O–H groups in total. The van der Waals surface area contributed by atoms with Gasteiger partial charge in [0.1, 0.15) is 5.82 Å². The number of hydrogen-bond donors (Lipinski definition) is 2. The first-order valence-corrected chi connectivity index (χ1v) is 4.63. The quantitative estimate of drug-likeness (QED) is 0.659. The van der Waals surface area contributed by atoms with Crippen LogP contribution < -0.4 is 10.6 Å². The summed E-state index contributed by atoms with van der Waals surface area (Å²) in [5.41, 5.74) is 4.83. The molecular weight excluding hydrogens is 180 g/mol. The van der Waals surface area contributed by atoms with Crippen LogP contribution in [0.2, 0.25) is 0 Å². The van der Waals surface area contributed by atoms with E-state index < -0.39 is 5.60 Å². The third-order valence-corrected chi connectivity index (χ3v) is 2.45. The van der Waals surface area contributed by atoms with Crippen LogP contribution in [0.3, 0.4) is 0 Å². The van der Waals surface area contributed by atoms with Crippen molar-refractivity contribution >= 4 is 11.6 Å². The highest BCUT2D eigenvalue weighted by atomic mass is 16.3. The molecule has 0 amide bonds. The second kappa shape index (κ2) is 3.09. The van der Waals surface area contributed by atoms with E-state index in [0.29, 0.717) is 12.4 Å². The Kier molecular flexibility index (Phi) is 2.03. The molecule has 5 heteroatoms. The predicted molar refractivity (Wildman–Crippen MR) is 53.9 cm³/mol. The van der Waals surface area contributed by atoms with E-state index in [9.17, 15) is 5.11 Å². The lowest BCUT2D eigenvalue weighted by molar-refractivity contribution is 0.0839. The fraction of sp³-hybridized carbons (Fsp3) is 0.556. The van der Waals surface area contributed by atoms with Crippen LogP contribution in [0.1, 0.15) is 13.3 Å². The molecule has 1 unspecified atom stereocenters. The van der Waals surface area contributed by atoms with E-state index >= 15 is 0 Å². The number of nitrogens with zero attached hydrogens (tertiary/aromatic N) is 3. The maximum Gasteiger partial charge on any atom is 0.151 e. The van der Waals surface area contributed by atoms with Gasteiger partial charge in [-0.25, -0.2) is 0 Å². The Hall–Kier alpha value is -1.36. The van der Waals surface area contributed by atoms with E-state index in [-0.39, 0.29) is 0 Å². The number of nitrogens with two attached hydrogens (primary N) is 1. The Morgan fingerprint density at radius 3 is 2.79 bits per heavy atom. The van der Waals surface area contributed by atoms with E-state index in [4.69, 9.17) is 5.73 Å². The summed E-state index contributed by atoms with van der Waals surface area (Å²) >= 11 is 0. The molecule has 2 rings (SSSR count). The van der Waals surface area contributed by atoms with E-state index in [1.54, 1.807) is 6.07 Å². The van der Waals surface area contributed by atoms with Gasteiger partial charge in [-0.05, 0) is 25.5 Å². The molecule has 1 saturated heterocycles. The molecule has 0 radical (unpaired) electrons. The number of anilines is 2. The molecule has 2 heterocycles. The van der Waals surface area contributed by atoms with Crippen molar-refractivity contribution in [3.05, 3.63) is 12.1 Å². The van der Waals surface area contributed by atoms with E-state index in [1.807, 2.05) is 17.9 Å². The zero-order chi connectivity index (χ0) is 10.2. The van der Waals surface area contributed by atoms with Crippen molar-refractivity contribution < 1.29 is 5.11 Å². The summed E-state index contributed by atoms with van der Waals surface area (Å²) in [5, 5.41) is 17.5. The van der Waals surface area contributed by atoms with Gasteiger partial charge in [-0.1, -0.05) is 0 Å². The summed E-state index contributed by atoms with van der Waals surface area (Å²) < 4.78 is 0. The second-order valence-electron chi connectivity index (χ2n) is 3.98. The maximum absolute atomic E-state index is 9.77. The Balaban J connectivity index is 2.14. The summed E-state index contributed by atoms with van der Waals surface area (Å²) in [6, 6.07) is 3.54. The van der Waals surface area contributed by atoms with Crippen LogP contribution in [-0.2, 0) is 0 Å². The van der Waals surface area contributed by atoms with Gasteiger partial charge in [0.25, 0.3) is 0 Å². The minimum Gasteiger partial charge on any atom is -0.388 e. The van der Waals surface area contributed by atoms with Gasteiger partial charge in [0.2, 0.25) is 0 Å². The fourth-order valence-corrected chi connectivity index (χ4v) is 1.64. The van der Waals surface area contributed by atoms with Crippen molar-refractivity contribution in [3.8, 4) is 0 Å². The Morgan fingerprint density at radius 2 is 2.29 bits per heavy atom. The summed E-state index contributed by atoms with van der Waals surface area (Å²) in [7, 11) is 0. The lowest BCUT2D eigenvalue weighted by atomic mass is 10.1. The number of aromatic nitrogens is 2. The molecule has 0 spiro atoms. The van der Waals surface area contributed by atoms with Gasteiger partial charge >= 0.3 is 0 Å². The van der Waals surface area contributed by atoms with E-state index in [2.05, 4.69) is 10.2 Å². The van der Waals surface area contributed by atoms with E-state index in [0.717, 1.165) is 18.8 Å². The minimum atomic E-state index is -0.608. The summed E-state index contributed by atoms with van der Waals surface area (Å²) in [6.07, 6.45) is 0.763.